The van der Waals surface area contributed by atoms with Crippen LogP contribution in [0.15, 0.2) is 206 Å². The summed E-state index contributed by atoms with van der Waals surface area (Å²) in [4.78, 5) is 2.41. The summed E-state index contributed by atoms with van der Waals surface area (Å²) in [5, 5.41) is 2.51. The summed E-state index contributed by atoms with van der Waals surface area (Å²) in [6.07, 6.45) is 0.908. The topological polar surface area (TPSA) is 8.17 Å². The fourth-order valence-electron chi connectivity index (χ4n) is 9.33. The number of rotatable bonds is 7. The third-order valence-corrected chi connectivity index (χ3v) is 12.5. The van der Waals surface area contributed by atoms with Crippen molar-refractivity contribution in [1.29, 1.82) is 0 Å². The molecule has 0 saturated carbocycles. The number of para-hydroxylation sites is 2. The van der Waals surface area contributed by atoms with Crippen LogP contribution >= 0.6 is 0 Å². The number of fused-ring (bicyclic) bond motifs is 6. The minimum Gasteiger partial charge on any atom is -0.310 e. The average molecular weight is 755 g/mol. The SMILES string of the molecule is Cc1cccc(-c2cccc3c2Cc2cc(N(c4ccc(-c5ccccc5)cc4)c4ccc(-c5ccc6c(c5)c5ccccc5n6-c5ccccc5)cc4)ccc2-3)c1C. The molecule has 1 aliphatic rings. The highest BCUT2D eigenvalue weighted by molar-refractivity contribution is 6.10. The van der Waals surface area contributed by atoms with Crippen molar-refractivity contribution in [2.75, 3.05) is 4.90 Å². The van der Waals surface area contributed by atoms with Crippen LogP contribution < -0.4 is 4.90 Å². The Balaban J connectivity index is 0.987. The van der Waals surface area contributed by atoms with Gasteiger partial charge < -0.3 is 9.47 Å². The Labute approximate surface area is 345 Å². The zero-order valence-electron chi connectivity index (χ0n) is 33.2. The van der Waals surface area contributed by atoms with Crippen molar-refractivity contribution in [3.05, 3.63) is 229 Å². The number of nitrogens with zero attached hydrogens (tertiary/aromatic N) is 2. The van der Waals surface area contributed by atoms with E-state index in [9.17, 15) is 0 Å². The minimum absolute atomic E-state index is 0.908. The monoisotopic (exact) mass is 754 g/mol. The first-order valence-electron chi connectivity index (χ1n) is 20.6. The quantitative estimate of drug-likeness (QED) is 0.157. The zero-order chi connectivity index (χ0) is 39.5. The molecule has 11 rings (SSSR count). The van der Waals surface area contributed by atoms with Crippen molar-refractivity contribution in [3.8, 4) is 50.2 Å². The first-order valence-corrected chi connectivity index (χ1v) is 20.6. The van der Waals surface area contributed by atoms with Crippen molar-refractivity contribution < 1.29 is 0 Å². The average Bonchev–Trinajstić information content (AvgIpc) is 3.84. The molecule has 2 heteroatoms. The van der Waals surface area contributed by atoms with Gasteiger partial charge in [-0.25, -0.2) is 0 Å². The maximum absolute atomic E-state index is 2.41. The van der Waals surface area contributed by atoms with E-state index in [0.29, 0.717) is 0 Å². The van der Waals surface area contributed by atoms with Crippen LogP contribution in [0.3, 0.4) is 0 Å². The van der Waals surface area contributed by atoms with Crippen molar-refractivity contribution in [1.82, 2.24) is 4.57 Å². The summed E-state index contributed by atoms with van der Waals surface area (Å²) >= 11 is 0. The number of aromatic nitrogens is 1. The van der Waals surface area contributed by atoms with E-state index in [2.05, 4.69) is 230 Å². The van der Waals surface area contributed by atoms with Crippen LogP contribution in [0.5, 0.6) is 0 Å². The predicted octanol–water partition coefficient (Wildman–Crippen LogP) is 15.4. The van der Waals surface area contributed by atoms with E-state index in [1.807, 2.05) is 0 Å². The van der Waals surface area contributed by atoms with Gasteiger partial charge in [0, 0.05) is 33.5 Å². The maximum Gasteiger partial charge on any atom is 0.0541 e. The van der Waals surface area contributed by atoms with Gasteiger partial charge in [-0.05, 0) is 154 Å². The largest absolute Gasteiger partial charge is 0.310 e. The summed E-state index contributed by atoms with van der Waals surface area (Å²) in [7, 11) is 0. The Kier molecular flexibility index (Phi) is 8.37. The Bertz CT molecular complexity index is 3170. The maximum atomic E-state index is 2.41. The van der Waals surface area contributed by atoms with Crippen LogP contribution in [0, 0.1) is 13.8 Å². The van der Waals surface area contributed by atoms with Gasteiger partial charge in [0.1, 0.15) is 0 Å². The standard InChI is InChI=1S/C57H42N2/c1-38-13-11-19-49(39(38)2)51-20-12-21-52-50-33-32-48(35-44(50)37-54(51)52)58(46-28-23-41(24-29-46)40-14-5-3-6-15-40)47-30-25-42(26-31-47)43-27-34-57-55(36-43)53-18-9-10-22-56(53)59(57)45-16-7-4-8-17-45/h3-36H,37H2,1-2H3. The molecule has 0 saturated heterocycles. The Morgan fingerprint density at radius 2 is 0.949 bits per heavy atom. The third-order valence-electron chi connectivity index (χ3n) is 12.5. The van der Waals surface area contributed by atoms with Gasteiger partial charge in [0.2, 0.25) is 0 Å². The molecule has 280 valence electrons. The van der Waals surface area contributed by atoms with Gasteiger partial charge in [0.25, 0.3) is 0 Å². The fourth-order valence-corrected chi connectivity index (χ4v) is 9.33. The van der Waals surface area contributed by atoms with E-state index in [1.54, 1.807) is 0 Å². The number of hydrogen-bond acceptors (Lipinski definition) is 1. The molecule has 2 nitrogen and oxygen atoms in total. The molecule has 1 heterocycles. The lowest BCUT2D eigenvalue weighted by Gasteiger charge is -2.26. The summed E-state index contributed by atoms with van der Waals surface area (Å²) < 4.78 is 2.37. The molecule has 0 atom stereocenters. The van der Waals surface area contributed by atoms with Gasteiger partial charge in [-0.2, -0.15) is 0 Å². The van der Waals surface area contributed by atoms with E-state index in [4.69, 9.17) is 0 Å². The number of anilines is 3. The Morgan fingerprint density at radius 1 is 0.390 bits per heavy atom. The van der Waals surface area contributed by atoms with Crippen LogP contribution in [-0.4, -0.2) is 4.57 Å². The van der Waals surface area contributed by atoms with E-state index in [1.165, 1.54) is 94.3 Å². The lowest BCUT2D eigenvalue weighted by molar-refractivity contribution is 1.18. The highest BCUT2D eigenvalue weighted by Crippen LogP contribution is 2.46. The molecular weight excluding hydrogens is 713 g/mol. The number of hydrogen-bond donors (Lipinski definition) is 0. The summed E-state index contributed by atoms with van der Waals surface area (Å²) in [5.41, 5.74) is 22.6. The summed E-state index contributed by atoms with van der Waals surface area (Å²) in [6, 6.07) is 75.6. The molecule has 0 bridgehead atoms. The molecule has 0 amide bonds. The molecule has 0 unspecified atom stereocenters. The smallest absolute Gasteiger partial charge is 0.0541 e. The highest BCUT2D eigenvalue weighted by Gasteiger charge is 2.24. The lowest BCUT2D eigenvalue weighted by atomic mass is 9.91. The van der Waals surface area contributed by atoms with Crippen molar-refractivity contribution in [2.45, 2.75) is 20.3 Å². The van der Waals surface area contributed by atoms with Crippen molar-refractivity contribution >= 4 is 38.9 Å². The van der Waals surface area contributed by atoms with Crippen molar-refractivity contribution in [3.63, 3.8) is 0 Å². The van der Waals surface area contributed by atoms with Crippen LogP contribution in [0.4, 0.5) is 17.1 Å². The highest BCUT2D eigenvalue weighted by atomic mass is 15.1. The van der Waals surface area contributed by atoms with E-state index in [-0.39, 0.29) is 0 Å². The lowest BCUT2D eigenvalue weighted by Crippen LogP contribution is -2.10. The first-order chi connectivity index (χ1) is 29.1. The van der Waals surface area contributed by atoms with Crippen LogP contribution in [0.2, 0.25) is 0 Å². The molecular formula is C57H42N2. The molecule has 0 spiro atoms. The second-order valence-electron chi connectivity index (χ2n) is 15.8. The van der Waals surface area contributed by atoms with Gasteiger partial charge in [0.05, 0.1) is 11.0 Å². The Morgan fingerprint density at radius 3 is 1.69 bits per heavy atom. The summed E-state index contributed by atoms with van der Waals surface area (Å²) in [5.74, 6) is 0. The molecule has 0 fully saturated rings. The van der Waals surface area contributed by atoms with Crippen LogP contribution in [0.25, 0.3) is 72.0 Å². The minimum atomic E-state index is 0.908. The Hall–Kier alpha value is -7.42. The fraction of sp³-hybridized carbons (Fsp3) is 0.0526. The second-order valence-corrected chi connectivity index (χ2v) is 15.8. The number of aryl methyl sites for hydroxylation is 1. The summed E-state index contributed by atoms with van der Waals surface area (Å²) in [6.45, 7) is 4.46. The van der Waals surface area contributed by atoms with Gasteiger partial charge in [0.15, 0.2) is 0 Å². The van der Waals surface area contributed by atoms with E-state index >= 15 is 0 Å². The van der Waals surface area contributed by atoms with Crippen LogP contribution in [-0.2, 0) is 6.42 Å². The normalized spacial score (nSPS) is 11.8. The first kappa shape index (κ1) is 34.8. The molecule has 59 heavy (non-hydrogen) atoms. The molecule has 1 aromatic heterocycles. The molecule has 9 aromatic carbocycles. The second kappa shape index (κ2) is 14.2. The number of benzene rings is 9. The van der Waals surface area contributed by atoms with E-state index < -0.39 is 0 Å². The van der Waals surface area contributed by atoms with Crippen LogP contribution in [0.1, 0.15) is 22.3 Å². The molecule has 0 N–H and O–H groups in total. The third kappa shape index (κ3) is 5.96. The molecule has 1 aliphatic carbocycles. The van der Waals surface area contributed by atoms with Gasteiger partial charge >= 0.3 is 0 Å². The van der Waals surface area contributed by atoms with Crippen molar-refractivity contribution in [2.24, 2.45) is 0 Å². The molecule has 10 aromatic rings. The van der Waals surface area contributed by atoms with Gasteiger partial charge in [-0.3, -0.25) is 0 Å². The molecule has 0 aliphatic heterocycles. The zero-order valence-corrected chi connectivity index (χ0v) is 33.2. The van der Waals surface area contributed by atoms with E-state index in [0.717, 1.165) is 23.5 Å². The van der Waals surface area contributed by atoms with Gasteiger partial charge in [-0.1, -0.05) is 140 Å². The predicted molar refractivity (Wildman–Crippen MR) is 249 cm³/mol. The van der Waals surface area contributed by atoms with Gasteiger partial charge in [-0.15, -0.1) is 0 Å². The molecule has 0 radical (unpaired) electrons.